The third-order valence-corrected chi connectivity index (χ3v) is 6.77. The van der Waals surface area contributed by atoms with E-state index in [2.05, 4.69) is 19.2 Å². The summed E-state index contributed by atoms with van der Waals surface area (Å²) in [6, 6.07) is 0. The van der Waals surface area contributed by atoms with E-state index in [4.69, 9.17) is 4.74 Å². The molecule has 1 saturated heterocycles. The van der Waals surface area contributed by atoms with Crippen molar-refractivity contribution in [3.05, 3.63) is 0 Å². The van der Waals surface area contributed by atoms with Crippen molar-refractivity contribution in [2.45, 2.75) is 167 Å². The molecule has 1 N–H and O–H groups in total. The van der Waals surface area contributed by atoms with Gasteiger partial charge in [-0.3, -0.25) is 4.79 Å². The molecular weight excluding hydrogens is 382 g/mol. The predicted molar refractivity (Wildman–Crippen MR) is 135 cm³/mol. The smallest absolute Gasteiger partial charge is 0.219 e. The first-order valence-electron chi connectivity index (χ1n) is 14.2. The van der Waals surface area contributed by atoms with E-state index in [1.807, 2.05) is 0 Å². The lowest BCUT2D eigenvalue weighted by atomic mass is 10.0. The number of rotatable bonds is 24. The first-order chi connectivity index (χ1) is 15.3. The molecular formula is C28H55NO2. The van der Waals surface area contributed by atoms with E-state index in [0.717, 1.165) is 19.4 Å². The highest BCUT2D eigenvalue weighted by atomic mass is 16.6. The van der Waals surface area contributed by atoms with Crippen LogP contribution in [0.1, 0.15) is 155 Å². The van der Waals surface area contributed by atoms with E-state index < -0.39 is 0 Å². The van der Waals surface area contributed by atoms with Crippen LogP contribution in [0.5, 0.6) is 0 Å². The van der Waals surface area contributed by atoms with E-state index >= 15 is 0 Å². The fourth-order valence-corrected chi connectivity index (χ4v) is 4.55. The van der Waals surface area contributed by atoms with Gasteiger partial charge in [0.2, 0.25) is 5.91 Å². The van der Waals surface area contributed by atoms with Crippen LogP contribution in [0.2, 0.25) is 0 Å². The Morgan fingerprint density at radius 1 is 0.581 bits per heavy atom. The van der Waals surface area contributed by atoms with Gasteiger partial charge >= 0.3 is 0 Å². The molecule has 1 heterocycles. The van der Waals surface area contributed by atoms with Gasteiger partial charge in [-0.1, -0.05) is 123 Å². The average molecular weight is 438 g/mol. The van der Waals surface area contributed by atoms with E-state index in [-0.39, 0.29) is 5.91 Å². The molecule has 1 aliphatic rings. The quantitative estimate of drug-likeness (QED) is 0.121. The molecule has 0 aromatic heterocycles. The summed E-state index contributed by atoms with van der Waals surface area (Å²) in [6.45, 7) is 5.41. The number of hydrogen-bond donors (Lipinski definition) is 1. The molecule has 3 heteroatoms. The van der Waals surface area contributed by atoms with E-state index in [0.29, 0.717) is 18.6 Å². The van der Waals surface area contributed by atoms with E-state index in [1.54, 1.807) is 0 Å². The highest BCUT2D eigenvalue weighted by molar-refractivity contribution is 5.75. The number of ether oxygens (including phenoxy) is 1. The van der Waals surface area contributed by atoms with Crippen molar-refractivity contribution < 1.29 is 9.53 Å². The summed E-state index contributed by atoms with van der Waals surface area (Å²) >= 11 is 0. The zero-order chi connectivity index (χ0) is 22.4. The summed E-state index contributed by atoms with van der Waals surface area (Å²) in [4.78, 5) is 11.9. The van der Waals surface area contributed by atoms with Gasteiger partial charge in [-0.05, 0) is 25.7 Å². The molecule has 0 aromatic carbocycles. The van der Waals surface area contributed by atoms with Crippen molar-refractivity contribution in [2.75, 3.05) is 6.54 Å². The number of amides is 1. The van der Waals surface area contributed by atoms with E-state index in [9.17, 15) is 4.79 Å². The SMILES string of the molecule is CCCCCCCCCCNC(=O)CCCCCCCC1OC1CCCCCCCC. The van der Waals surface area contributed by atoms with Crippen LogP contribution in [0.4, 0.5) is 0 Å². The lowest BCUT2D eigenvalue weighted by molar-refractivity contribution is -0.121. The Labute approximate surface area is 194 Å². The molecule has 2 atom stereocenters. The number of carbonyl (C=O) groups excluding carboxylic acids is 1. The molecule has 0 spiro atoms. The minimum Gasteiger partial charge on any atom is -0.370 e. The fourth-order valence-electron chi connectivity index (χ4n) is 4.55. The summed E-state index contributed by atoms with van der Waals surface area (Å²) in [7, 11) is 0. The van der Waals surface area contributed by atoms with Gasteiger partial charge in [0.25, 0.3) is 0 Å². The molecule has 184 valence electrons. The Kier molecular flexibility index (Phi) is 19.5. The second-order valence-corrected chi connectivity index (χ2v) is 9.90. The van der Waals surface area contributed by atoms with Crippen LogP contribution >= 0.6 is 0 Å². The second kappa shape index (κ2) is 21.3. The number of unbranched alkanes of at least 4 members (excludes halogenated alkanes) is 16. The van der Waals surface area contributed by atoms with Gasteiger partial charge in [0.15, 0.2) is 0 Å². The Bertz CT molecular complexity index is 398. The van der Waals surface area contributed by atoms with Crippen molar-refractivity contribution in [2.24, 2.45) is 0 Å². The number of epoxide rings is 1. The Morgan fingerprint density at radius 2 is 1.00 bits per heavy atom. The molecule has 1 rings (SSSR count). The van der Waals surface area contributed by atoms with Gasteiger partial charge < -0.3 is 10.1 Å². The van der Waals surface area contributed by atoms with Gasteiger partial charge in [0.05, 0.1) is 12.2 Å². The van der Waals surface area contributed by atoms with Crippen LogP contribution in [0, 0.1) is 0 Å². The van der Waals surface area contributed by atoms with Crippen LogP contribution in [0.25, 0.3) is 0 Å². The third-order valence-electron chi connectivity index (χ3n) is 6.77. The first-order valence-corrected chi connectivity index (χ1v) is 14.2. The molecule has 0 aliphatic carbocycles. The zero-order valence-electron chi connectivity index (χ0n) is 21.2. The molecule has 0 saturated carbocycles. The summed E-state index contributed by atoms with van der Waals surface area (Å²) in [5.41, 5.74) is 0. The molecule has 1 amide bonds. The molecule has 2 unspecified atom stereocenters. The standard InChI is InChI=1S/C28H55NO2/c1-3-5-7-9-11-12-17-21-25-29-28(30)24-20-16-13-15-19-23-27-26(31-27)22-18-14-10-8-6-4-2/h26-27H,3-25H2,1-2H3,(H,29,30). The van der Waals surface area contributed by atoms with Crippen molar-refractivity contribution in [1.82, 2.24) is 5.32 Å². The van der Waals surface area contributed by atoms with E-state index in [1.165, 1.54) is 122 Å². The van der Waals surface area contributed by atoms with Crippen LogP contribution in [0.15, 0.2) is 0 Å². The van der Waals surface area contributed by atoms with Crippen molar-refractivity contribution in [1.29, 1.82) is 0 Å². The topological polar surface area (TPSA) is 41.6 Å². The van der Waals surface area contributed by atoms with Gasteiger partial charge in [-0.25, -0.2) is 0 Å². The molecule has 31 heavy (non-hydrogen) atoms. The Morgan fingerprint density at radius 3 is 1.52 bits per heavy atom. The first kappa shape index (κ1) is 28.5. The Balaban J connectivity index is 1.74. The maximum Gasteiger partial charge on any atom is 0.219 e. The monoisotopic (exact) mass is 437 g/mol. The van der Waals surface area contributed by atoms with Gasteiger partial charge in [-0.2, -0.15) is 0 Å². The molecule has 0 aromatic rings. The molecule has 0 bridgehead atoms. The van der Waals surface area contributed by atoms with Crippen LogP contribution < -0.4 is 5.32 Å². The number of nitrogens with one attached hydrogen (secondary N) is 1. The highest BCUT2D eigenvalue weighted by Gasteiger charge is 2.36. The highest BCUT2D eigenvalue weighted by Crippen LogP contribution is 2.31. The minimum absolute atomic E-state index is 0.256. The van der Waals surface area contributed by atoms with Crippen LogP contribution in [-0.4, -0.2) is 24.7 Å². The average Bonchev–Trinajstić information content (AvgIpc) is 3.52. The number of hydrogen-bond acceptors (Lipinski definition) is 2. The lowest BCUT2D eigenvalue weighted by Gasteiger charge is -2.05. The van der Waals surface area contributed by atoms with Crippen molar-refractivity contribution >= 4 is 5.91 Å². The minimum atomic E-state index is 0.256. The summed E-state index contributed by atoms with van der Waals surface area (Å²) in [5, 5.41) is 3.10. The second-order valence-electron chi connectivity index (χ2n) is 9.90. The normalized spacial score (nSPS) is 17.7. The maximum absolute atomic E-state index is 11.9. The summed E-state index contributed by atoms with van der Waals surface area (Å²) in [5.74, 6) is 0.256. The Hall–Kier alpha value is -0.570. The largest absolute Gasteiger partial charge is 0.370 e. The number of carbonyl (C=O) groups is 1. The molecule has 1 fully saturated rings. The fraction of sp³-hybridized carbons (Fsp3) is 0.964. The van der Waals surface area contributed by atoms with Crippen LogP contribution in [0.3, 0.4) is 0 Å². The maximum atomic E-state index is 11.9. The van der Waals surface area contributed by atoms with Gasteiger partial charge in [0, 0.05) is 13.0 Å². The summed E-state index contributed by atoms with van der Waals surface area (Å²) in [6.07, 6.45) is 29.3. The molecule has 1 aliphatic heterocycles. The zero-order valence-corrected chi connectivity index (χ0v) is 21.2. The van der Waals surface area contributed by atoms with Crippen molar-refractivity contribution in [3.63, 3.8) is 0 Å². The molecule has 0 radical (unpaired) electrons. The lowest BCUT2D eigenvalue weighted by Crippen LogP contribution is -2.23. The third kappa shape index (κ3) is 18.7. The molecule has 3 nitrogen and oxygen atoms in total. The summed E-state index contributed by atoms with van der Waals surface area (Å²) < 4.78 is 5.83. The van der Waals surface area contributed by atoms with Crippen molar-refractivity contribution in [3.8, 4) is 0 Å². The van der Waals surface area contributed by atoms with Gasteiger partial charge in [0.1, 0.15) is 0 Å². The predicted octanol–water partition coefficient (Wildman–Crippen LogP) is 8.49. The van der Waals surface area contributed by atoms with Gasteiger partial charge in [-0.15, -0.1) is 0 Å². The van der Waals surface area contributed by atoms with Crippen LogP contribution in [-0.2, 0) is 9.53 Å².